The van der Waals surface area contributed by atoms with Crippen molar-refractivity contribution in [3.63, 3.8) is 0 Å². The lowest BCUT2D eigenvalue weighted by Crippen LogP contribution is -2.31. The number of aromatic nitrogens is 4. The fourth-order valence-electron chi connectivity index (χ4n) is 4.36. The van der Waals surface area contributed by atoms with Gasteiger partial charge in [0, 0.05) is 51.1 Å². The van der Waals surface area contributed by atoms with E-state index < -0.39 is 11.2 Å². The smallest absolute Gasteiger partial charge is 0.226 e. The number of hydrogen-bond acceptors (Lipinski definition) is 9. The number of halogens is 1. The minimum Gasteiger partial charge on any atom is -0.490 e. The number of aryl methyl sites for hydroxylation is 2. The van der Waals surface area contributed by atoms with Crippen molar-refractivity contribution in [2.24, 2.45) is 0 Å². The summed E-state index contributed by atoms with van der Waals surface area (Å²) in [5.41, 5.74) is 3.56. The maximum Gasteiger partial charge on any atom is 0.226 e. The Labute approximate surface area is 251 Å². The molecule has 1 amide bonds. The summed E-state index contributed by atoms with van der Waals surface area (Å²) in [7, 11) is 1.56. The quantitative estimate of drug-likeness (QED) is 0.307. The topological polar surface area (TPSA) is 114 Å². The fraction of sp³-hybridized carbons (Fsp3) is 0.429. The maximum atomic E-state index is 12.6. The second-order valence-corrected chi connectivity index (χ2v) is 12.1. The van der Waals surface area contributed by atoms with Crippen LogP contribution in [0.4, 0.5) is 15.2 Å². The van der Waals surface area contributed by atoms with Crippen molar-refractivity contribution < 1.29 is 22.9 Å². The first-order valence-corrected chi connectivity index (χ1v) is 15.6. The standard InChI is InChI=1S/C12H15N3.C11H13FO2.C5H8N4O2S2/c1-10-8-13-12-5-4-11(9-15(10)12)14-6-2-3-7-14;12-9-1-3-10(4-2-9)14-11-5-7-13-8-6-11;1-4-7-8-5(12-4)9(2)13(11)6-3-10/h4-5,8-9H,2-3,6-7H2,1H3;1-4,11H,5-8H2;3H,1-2H3,(H,6,10). The average Bonchev–Trinajstić information content (AvgIpc) is 3.77. The van der Waals surface area contributed by atoms with Gasteiger partial charge in [-0.25, -0.2) is 13.6 Å². The highest BCUT2D eigenvalue weighted by Crippen LogP contribution is 2.22. The predicted octanol–water partition coefficient (Wildman–Crippen LogP) is 4.23. The first-order valence-electron chi connectivity index (χ1n) is 13.7. The number of nitrogens with zero attached hydrogens (tertiary/aromatic N) is 6. The molecular formula is C28H36FN7O4S2. The molecule has 0 saturated carbocycles. The highest BCUT2D eigenvalue weighted by molar-refractivity contribution is 7.85. The number of nitrogens with one attached hydrogen (secondary N) is 1. The van der Waals surface area contributed by atoms with Crippen LogP contribution in [0, 0.1) is 19.7 Å². The first kappa shape index (κ1) is 31.3. The van der Waals surface area contributed by atoms with Gasteiger partial charge >= 0.3 is 0 Å². The van der Waals surface area contributed by atoms with E-state index in [4.69, 9.17) is 9.47 Å². The molecule has 0 spiro atoms. The van der Waals surface area contributed by atoms with E-state index in [1.165, 1.54) is 65.1 Å². The molecule has 1 unspecified atom stereocenters. The Bertz CT molecular complexity index is 1440. The lowest BCUT2D eigenvalue weighted by molar-refractivity contribution is -0.108. The number of hydrogen-bond donors (Lipinski definition) is 1. The van der Waals surface area contributed by atoms with Crippen LogP contribution in [0.3, 0.4) is 0 Å². The van der Waals surface area contributed by atoms with Crippen LogP contribution in [0.15, 0.2) is 48.8 Å². The van der Waals surface area contributed by atoms with Gasteiger partial charge in [0.05, 0.1) is 18.9 Å². The van der Waals surface area contributed by atoms with Gasteiger partial charge in [-0.2, -0.15) is 0 Å². The Morgan fingerprint density at radius 2 is 1.83 bits per heavy atom. The molecule has 0 aliphatic carbocycles. The van der Waals surface area contributed by atoms with Gasteiger partial charge in [-0.1, -0.05) is 11.3 Å². The van der Waals surface area contributed by atoms with Crippen molar-refractivity contribution in [2.75, 3.05) is 42.6 Å². The van der Waals surface area contributed by atoms with Gasteiger partial charge in [0.1, 0.15) is 28.3 Å². The van der Waals surface area contributed by atoms with Crippen LogP contribution < -0.4 is 18.7 Å². The minimum absolute atomic E-state index is 0.217. The monoisotopic (exact) mass is 617 g/mol. The SMILES string of the molecule is Cc1cnc2ccc(N3CCCC3)cn12.Cc1nnc(N(C)S(=O)NC=O)s1.Fc1ccc(OC2CCOCC2)cc1. The summed E-state index contributed by atoms with van der Waals surface area (Å²) in [6.45, 7) is 7.79. The van der Waals surface area contributed by atoms with Crippen molar-refractivity contribution in [2.45, 2.75) is 45.6 Å². The number of fused-ring (bicyclic) bond motifs is 1. The van der Waals surface area contributed by atoms with Gasteiger partial charge in [-0.15, -0.1) is 10.2 Å². The molecule has 2 aliphatic rings. The third-order valence-electron chi connectivity index (χ3n) is 6.61. The van der Waals surface area contributed by atoms with E-state index in [2.05, 4.69) is 54.5 Å². The summed E-state index contributed by atoms with van der Waals surface area (Å²) < 4.78 is 40.3. The molecule has 0 radical (unpaired) electrons. The molecule has 4 aromatic rings. The van der Waals surface area contributed by atoms with E-state index in [-0.39, 0.29) is 11.9 Å². The number of anilines is 2. The second-order valence-electron chi connectivity index (χ2n) is 9.68. The van der Waals surface area contributed by atoms with Crippen molar-refractivity contribution >= 4 is 45.4 Å². The van der Waals surface area contributed by atoms with Gasteiger partial charge in [0.25, 0.3) is 0 Å². The van der Waals surface area contributed by atoms with Crippen LogP contribution in [0.1, 0.15) is 36.4 Å². The van der Waals surface area contributed by atoms with Gasteiger partial charge in [0.2, 0.25) is 22.7 Å². The molecule has 3 aromatic heterocycles. The van der Waals surface area contributed by atoms with E-state index >= 15 is 0 Å². The van der Waals surface area contributed by atoms with Crippen LogP contribution in [0.5, 0.6) is 5.75 Å². The van der Waals surface area contributed by atoms with Gasteiger partial charge in [-0.05, 0) is 63.1 Å². The van der Waals surface area contributed by atoms with Crippen LogP contribution in [0.2, 0.25) is 0 Å². The summed E-state index contributed by atoms with van der Waals surface area (Å²) in [5.74, 6) is 0.502. The maximum absolute atomic E-state index is 12.6. The Morgan fingerprint density at radius 1 is 1.12 bits per heavy atom. The third-order valence-corrected chi connectivity index (χ3v) is 8.61. The molecule has 1 aromatic carbocycles. The molecule has 2 saturated heterocycles. The molecule has 6 rings (SSSR count). The van der Waals surface area contributed by atoms with Gasteiger partial charge in [-0.3, -0.25) is 13.8 Å². The number of ether oxygens (including phenoxy) is 2. The molecule has 14 heteroatoms. The van der Waals surface area contributed by atoms with Gasteiger partial charge < -0.3 is 18.8 Å². The lowest BCUT2D eigenvalue weighted by atomic mass is 10.1. The molecular weight excluding hydrogens is 581 g/mol. The van der Waals surface area contributed by atoms with Crippen LogP contribution in [0.25, 0.3) is 5.65 Å². The second kappa shape index (κ2) is 15.6. The van der Waals surface area contributed by atoms with E-state index in [1.54, 1.807) is 26.1 Å². The van der Waals surface area contributed by atoms with Crippen molar-refractivity contribution in [3.05, 3.63) is 65.3 Å². The molecule has 1 N–H and O–H groups in total. The molecule has 226 valence electrons. The average molecular weight is 618 g/mol. The number of benzene rings is 1. The minimum atomic E-state index is -1.58. The molecule has 2 fully saturated rings. The van der Waals surface area contributed by atoms with Crippen molar-refractivity contribution in [1.29, 1.82) is 0 Å². The van der Waals surface area contributed by atoms with E-state index in [9.17, 15) is 13.4 Å². The zero-order valence-electron chi connectivity index (χ0n) is 23.9. The zero-order valence-corrected chi connectivity index (χ0v) is 25.6. The molecule has 11 nitrogen and oxygen atoms in total. The Kier molecular flexibility index (Phi) is 11.6. The normalized spacial score (nSPS) is 15.7. The van der Waals surface area contributed by atoms with Crippen LogP contribution >= 0.6 is 11.3 Å². The molecule has 2 aliphatic heterocycles. The fourth-order valence-corrected chi connectivity index (χ4v) is 5.65. The van der Waals surface area contributed by atoms with Crippen molar-refractivity contribution in [1.82, 2.24) is 24.3 Å². The van der Waals surface area contributed by atoms with Crippen LogP contribution in [-0.4, -0.2) is 69.7 Å². The van der Waals surface area contributed by atoms with Gasteiger partial charge in [0.15, 0.2) is 0 Å². The first-order chi connectivity index (χ1) is 20.3. The summed E-state index contributed by atoms with van der Waals surface area (Å²) in [5, 5.41) is 8.81. The lowest BCUT2D eigenvalue weighted by Gasteiger charge is -2.23. The Morgan fingerprint density at radius 3 is 2.48 bits per heavy atom. The number of pyridine rings is 1. The van der Waals surface area contributed by atoms with E-state index in [0.29, 0.717) is 11.5 Å². The zero-order chi connectivity index (χ0) is 29.9. The molecule has 42 heavy (non-hydrogen) atoms. The summed E-state index contributed by atoms with van der Waals surface area (Å²) >= 11 is -0.275. The summed E-state index contributed by atoms with van der Waals surface area (Å²) in [4.78, 5) is 16.8. The number of rotatable bonds is 7. The van der Waals surface area contributed by atoms with Crippen molar-refractivity contribution in [3.8, 4) is 5.75 Å². The number of carbonyl (C=O) groups excluding carboxylic acids is 1. The third kappa shape index (κ3) is 8.94. The molecule has 5 heterocycles. The highest BCUT2D eigenvalue weighted by Gasteiger charge is 2.15. The largest absolute Gasteiger partial charge is 0.490 e. The molecule has 0 bridgehead atoms. The highest BCUT2D eigenvalue weighted by atomic mass is 32.2. The number of amides is 1. The van der Waals surface area contributed by atoms with Crippen LogP contribution in [-0.2, 0) is 20.7 Å². The predicted molar refractivity (Wildman–Crippen MR) is 163 cm³/mol. The Balaban J connectivity index is 0.000000145. The molecule has 1 atom stereocenters. The summed E-state index contributed by atoms with van der Waals surface area (Å²) in [6.07, 6.45) is 9.18. The summed E-state index contributed by atoms with van der Waals surface area (Å²) in [6, 6.07) is 10.4. The van der Waals surface area contributed by atoms with E-state index in [0.717, 1.165) is 42.5 Å². The Hall–Kier alpha value is -3.62. The number of imidazole rings is 1. The number of carbonyl (C=O) groups is 1. The van der Waals surface area contributed by atoms with E-state index in [1.807, 2.05) is 6.20 Å².